The molecule has 1 saturated heterocycles. The van der Waals surface area contributed by atoms with E-state index >= 15 is 0 Å². The van der Waals surface area contributed by atoms with E-state index in [-0.39, 0.29) is 24.2 Å². The van der Waals surface area contributed by atoms with Gasteiger partial charge >= 0.3 is 5.69 Å². The molecule has 0 amide bonds. The molecule has 184 valence electrons. The molecular formula is C24H39N5O3S. The number of nitrogens with two attached hydrogens (primary N) is 1. The van der Waals surface area contributed by atoms with Crippen LogP contribution in [0.1, 0.15) is 64.3 Å². The van der Waals surface area contributed by atoms with Crippen molar-refractivity contribution in [1.82, 2.24) is 18.8 Å². The fourth-order valence-corrected chi connectivity index (χ4v) is 6.42. The monoisotopic (exact) mass is 477 g/mol. The molecule has 33 heavy (non-hydrogen) atoms. The molecule has 0 radical (unpaired) electrons. The lowest BCUT2D eigenvalue weighted by molar-refractivity contribution is 0.103. The Hall–Kier alpha value is -1.68. The van der Waals surface area contributed by atoms with Gasteiger partial charge in [0.05, 0.1) is 11.0 Å². The van der Waals surface area contributed by atoms with Crippen molar-refractivity contribution < 1.29 is 8.42 Å². The summed E-state index contributed by atoms with van der Waals surface area (Å²) in [6.07, 6.45) is 10.0. The normalized spacial score (nSPS) is 24.1. The largest absolute Gasteiger partial charge is 0.329 e. The minimum Gasteiger partial charge on any atom is -0.303 e. The Bertz CT molecular complexity index is 1090. The van der Waals surface area contributed by atoms with Crippen LogP contribution in [0.3, 0.4) is 0 Å². The summed E-state index contributed by atoms with van der Waals surface area (Å²) in [4.78, 5) is 15.9. The average molecular weight is 478 g/mol. The Kier molecular flexibility index (Phi) is 7.94. The van der Waals surface area contributed by atoms with Gasteiger partial charge in [-0.1, -0.05) is 44.2 Å². The second-order valence-electron chi connectivity index (χ2n) is 9.87. The lowest BCUT2D eigenvalue weighted by atomic mass is 9.88. The van der Waals surface area contributed by atoms with Crippen molar-refractivity contribution in [3.8, 4) is 0 Å². The van der Waals surface area contributed by atoms with Crippen molar-refractivity contribution in [3.05, 3.63) is 34.7 Å². The van der Waals surface area contributed by atoms with Crippen molar-refractivity contribution in [2.24, 2.45) is 17.0 Å². The van der Waals surface area contributed by atoms with E-state index in [4.69, 9.17) is 5.14 Å². The molecule has 1 aliphatic heterocycles. The first-order valence-electron chi connectivity index (χ1n) is 12.6. The molecule has 2 fully saturated rings. The van der Waals surface area contributed by atoms with Gasteiger partial charge in [0.1, 0.15) is 0 Å². The smallest absolute Gasteiger partial charge is 0.303 e. The summed E-state index contributed by atoms with van der Waals surface area (Å²) in [7, 11) is -3.80. The maximum Gasteiger partial charge on any atom is 0.329 e. The van der Waals surface area contributed by atoms with Crippen LogP contribution in [0.4, 0.5) is 0 Å². The number of piperidine rings is 1. The van der Waals surface area contributed by atoms with Gasteiger partial charge in [0.2, 0.25) is 0 Å². The van der Waals surface area contributed by atoms with Gasteiger partial charge in [-0.3, -0.25) is 9.13 Å². The van der Waals surface area contributed by atoms with E-state index in [0.717, 1.165) is 37.1 Å². The van der Waals surface area contributed by atoms with Crippen LogP contribution in [0.15, 0.2) is 29.1 Å². The highest BCUT2D eigenvalue weighted by molar-refractivity contribution is 7.87. The molecule has 2 aliphatic rings. The van der Waals surface area contributed by atoms with Gasteiger partial charge in [-0.05, 0) is 44.2 Å². The van der Waals surface area contributed by atoms with Crippen LogP contribution in [-0.2, 0) is 16.8 Å². The standard InChI is InChI=1S/C24H39N5O3S/c1-2-28-22-12-8-9-13-23(22)29(24(28)30)21-14-15-27(18-20(21)16-26-33(25,31)32)17-19-10-6-4-3-5-7-11-19/h8-9,12-13,19-21,26H,2-7,10-11,14-18H2,1H3,(H2,25,31,32)/t20-,21+/m1/s1. The summed E-state index contributed by atoms with van der Waals surface area (Å²) in [6, 6.07) is 7.82. The van der Waals surface area contributed by atoms with Gasteiger partial charge < -0.3 is 4.90 Å². The molecule has 1 aromatic carbocycles. The second-order valence-corrected chi connectivity index (χ2v) is 11.2. The molecule has 0 bridgehead atoms. The van der Waals surface area contributed by atoms with Gasteiger partial charge in [-0.15, -0.1) is 0 Å². The number of para-hydroxylation sites is 2. The number of nitrogens with one attached hydrogen (secondary N) is 1. The Labute approximate surface area is 197 Å². The predicted octanol–water partition coefficient (Wildman–Crippen LogP) is 2.84. The molecule has 2 atom stereocenters. The van der Waals surface area contributed by atoms with Gasteiger partial charge in [0.25, 0.3) is 10.2 Å². The van der Waals surface area contributed by atoms with E-state index in [2.05, 4.69) is 9.62 Å². The molecule has 8 nitrogen and oxygen atoms in total. The van der Waals surface area contributed by atoms with Gasteiger partial charge in [0, 0.05) is 44.7 Å². The van der Waals surface area contributed by atoms with Crippen LogP contribution in [0.2, 0.25) is 0 Å². The summed E-state index contributed by atoms with van der Waals surface area (Å²) in [6.45, 7) is 5.57. The molecule has 2 heterocycles. The van der Waals surface area contributed by atoms with Crippen LogP contribution in [-0.4, -0.2) is 48.6 Å². The zero-order valence-corrected chi connectivity index (χ0v) is 20.6. The summed E-state index contributed by atoms with van der Waals surface area (Å²) in [5.74, 6) is 0.679. The zero-order chi connectivity index (χ0) is 23.4. The third kappa shape index (κ3) is 5.88. The Morgan fingerprint density at radius 3 is 2.36 bits per heavy atom. The fraction of sp³-hybridized carbons (Fsp3) is 0.708. The van der Waals surface area contributed by atoms with Crippen LogP contribution >= 0.6 is 0 Å². The lowest BCUT2D eigenvalue weighted by Gasteiger charge is -2.40. The van der Waals surface area contributed by atoms with Crippen LogP contribution in [0.5, 0.6) is 0 Å². The van der Waals surface area contributed by atoms with E-state index in [1.54, 1.807) is 4.57 Å². The van der Waals surface area contributed by atoms with Gasteiger partial charge in [-0.25, -0.2) is 14.7 Å². The summed E-state index contributed by atoms with van der Waals surface area (Å²) in [5, 5.41) is 5.27. The third-order valence-electron chi connectivity index (χ3n) is 7.58. The number of fused-ring (bicyclic) bond motifs is 1. The van der Waals surface area contributed by atoms with Crippen LogP contribution in [0, 0.1) is 11.8 Å². The Morgan fingerprint density at radius 1 is 1.03 bits per heavy atom. The zero-order valence-electron chi connectivity index (χ0n) is 19.8. The predicted molar refractivity (Wildman–Crippen MR) is 132 cm³/mol. The van der Waals surface area contributed by atoms with Crippen molar-refractivity contribution >= 4 is 21.2 Å². The van der Waals surface area contributed by atoms with E-state index in [1.807, 2.05) is 35.8 Å². The highest BCUT2D eigenvalue weighted by Gasteiger charge is 2.34. The minimum atomic E-state index is -3.80. The number of aryl methyl sites for hydroxylation is 1. The Balaban J connectivity index is 1.58. The maximum atomic E-state index is 13.4. The molecule has 4 rings (SSSR count). The molecule has 2 aromatic rings. The Morgan fingerprint density at radius 2 is 1.70 bits per heavy atom. The first-order chi connectivity index (χ1) is 15.9. The van der Waals surface area contributed by atoms with Gasteiger partial charge in [0.15, 0.2) is 0 Å². The fourth-order valence-electron chi connectivity index (χ4n) is 5.97. The van der Waals surface area contributed by atoms with E-state index in [9.17, 15) is 13.2 Å². The molecule has 9 heteroatoms. The van der Waals surface area contributed by atoms with Crippen molar-refractivity contribution in [3.63, 3.8) is 0 Å². The number of rotatable bonds is 7. The number of hydrogen-bond donors (Lipinski definition) is 2. The minimum absolute atomic E-state index is 0.0160. The van der Waals surface area contributed by atoms with Crippen LogP contribution < -0.4 is 15.6 Å². The second kappa shape index (κ2) is 10.7. The van der Waals surface area contributed by atoms with E-state index < -0.39 is 10.2 Å². The van der Waals surface area contributed by atoms with Crippen molar-refractivity contribution in [2.45, 2.75) is 70.9 Å². The number of aromatic nitrogens is 2. The maximum absolute atomic E-state index is 13.4. The number of likely N-dealkylation sites (tertiary alicyclic amines) is 1. The van der Waals surface area contributed by atoms with Gasteiger partial charge in [-0.2, -0.15) is 8.42 Å². The number of nitrogens with zero attached hydrogens (tertiary/aromatic N) is 3. The first-order valence-corrected chi connectivity index (χ1v) is 14.1. The van der Waals surface area contributed by atoms with E-state index in [0.29, 0.717) is 12.5 Å². The van der Waals surface area contributed by atoms with Crippen molar-refractivity contribution in [1.29, 1.82) is 0 Å². The number of hydrogen-bond acceptors (Lipinski definition) is 4. The van der Waals surface area contributed by atoms with E-state index in [1.165, 1.54) is 44.9 Å². The molecule has 3 N–H and O–H groups in total. The first kappa shape index (κ1) is 24.4. The quantitative estimate of drug-likeness (QED) is 0.640. The highest BCUT2D eigenvalue weighted by atomic mass is 32.2. The summed E-state index contributed by atoms with van der Waals surface area (Å²) in [5.41, 5.74) is 1.83. The molecule has 0 spiro atoms. The summed E-state index contributed by atoms with van der Waals surface area (Å²) < 4.78 is 29.6. The molecule has 1 aliphatic carbocycles. The highest BCUT2D eigenvalue weighted by Crippen LogP contribution is 2.32. The number of benzene rings is 1. The number of imidazole rings is 1. The molecular weight excluding hydrogens is 438 g/mol. The molecule has 0 unspecified atom stereocenters. The SMILES string of the molecule is CCn1c(=O)n([C@H]2CCN(CC3CCCCCCC3)C[C@H]2CNS(N)(=O)=O)c2ccccc21. The topological polar surface area (TPSA) is 102 Å². The summed E-state index contributed by atoms with van der Waals surface area (Å²) >= 11 is 0. The lowest BCUT2D eigenvalue weighted by Crippen LogP contribution is -2.49. The van der Waals surface area contributed by atoms with Crippen molar-refractivity contribution in [2.75, 3.05) is 26.2 Å². The average Bonchev–Trinajstić information content (AvgIpc) is 3.04. The third-order valence-corrected chi connectivity index (χ3v) is 8.15. The molecule has 1 saturated carbocycles. The molecule has 1 aromatic heterocycles. The van der Waals surface area contributed by atoms with Crippen LogP contribution in [0.25, 0.3) is 11.0 Å².